The number of aryl methyl sites for hydroxylation is 1. The molecule has 1 aliphatic rings. The number of nitrogens with zero attached hydrogens (tertiary/aromatic N) is 3. The zero-order valence-electron chi connectivity index (χ0n) is 11.5. The predicted octanol–water partition coefficient (Wildman–Crippen LogP) is 0.259. The number of hydrogen-bond acceptors (Lipinski definition) is 4. The van der Waals surface area contributed by atoms with E-state index in [4.69, 9.17) is 5.73 Å². The van der Waals surface area contributed by atoms with Gasteiger partial charge in [0.05, 0.1) is 18.0 Å². The fourth-order valence-corrected chi connectivity index (χ4v) is 3.82. The van der Waals surface area contributed by atoms with Crippen molar-refractivity contribution in [3.63, 3.8) is 0 Å². The summed E-state index contributed by atoms with van der Waals surface area (Å²) in [5.41, 5.74) is 8.30. The molecule has 6 nitrogen and oxygen atoms in total. The molecule has 108 valence electrons. The summed E-state index contributed by atoms with van der Waals surface area (Å²) >= 11 is 0. The molecule has 0 unspecified atom stereocenters. The summed E-state index contributed by atoms with van der Waals surface area (Å²) in [6.45, 7) is 0.826. The number of hydrogen-bond donors (Lipinski definition) is 1. The molecule has 3 heterocycles. The largest absolute Gasteiger partial charge is 0.349 e. The van der Waals surface area contributed by atoms with Crippen LogP contribution in [-0.2, 0) is 17.1 Å². The molecule has 2 aromatic rings. The molecule has 20 heavy (non-hydrogen) atoms. The van der Waals surface area contributed by atoms with Crippen LogP contribution in [0, 0.1) is 0 Å². The van der Waals surface area contributed by atoms with E-state index in [1.165, 1.54) is 10.6 Å². The first-order chi connectivity index (χ1) is 9.38. The van der Waals surface area contributed by atoms with Crippen LogP contribution in [0.2, 0.25) is 0 Å². The Kier molecular flexibility index (Phi) is 3.07. The number of fused-ring (bicyclic) bond motifs is 1. The lowest BCUT2D eigenvalue weighted by atomic mass is 9.95. The van der Waals surface area contributed by atoms with E-state index in [-0.39, 0.29) is 12.0 Å². The lowest BCUT2D eigenvalue weighted by Gasteiger charge is -2.13. The molecule has 1 fully saturated rings. The summed E-state index contributed by atoms with van der Waals surface area (Å²) in [6, 6.07) is 1.78. The molecule has 1 aliphatic heterocycles. The van der Waals surface area contributed by atoms with Crippen molar-refractivity contribution in [2.45, 2.75) is 12.0 Å². The Morgan fingerprint density at radius 1 is 1.40 bits per heavy atom. The number of rotatable bonds is 2. The van der Waals surface area contributed by atoms with Crippen molar-refractivity contribution in [3.8, 4) is 0 Å². The second kappa shape index (κ2) is 4.54. The highest BCUT2D eigenvalue weighted by atomic mass is 32.2. The van der Waals surface area contributed by atoms with Gasteiger partial charge in [-0.05, 0) is 11.6 Å². The summed E-state index contributed by atoms with van der Waals surface area (Å²) in [5, 5.41) is 1.10. The van der Waals surface area contributed by atoms with Gasteiger partial charge in [-0.15, -0.1) is 0 Å². The fourth-order valence-electron chi connectivity index (χ4n) is 2.95. The molecular weight excluding hydrogens is 276 g/mol. The van der Waals surface area contributed by atoms with Gasteiger partial charge in [0.15, 0.2) is 0 Å². The SMILES string of the molecule is Cn1cc([C@@H]2CN(S(C)(=O)=O)C[C@H]2N)c2ccncc21. The molecule has 2 atom stereocenters. The van der Waals surface area contributed by atoms with Crippen molar-refractivity contribution >= 4 is 20.9 Å². The van der Waals surface area contributed by atoms with Gasteiger partial charge in [-0.3, -0.25) is 4.98 Å². The van der Waals surface area contributed by atoms with Crippen molar-refractivity contribution in [2.24, 2.45) is 12.8 Å². The Morgan fingerprint density at radius 2 is 2.15 bits per heavy atom. The molecule has 0 bridgehead atoms. The second-order valence-corrected chi connectivity index (χ2v) is 7.42. The molecule has 0 aliphatic carbocycles. The summed E-state index contributed by atoms with van der Waals surface area (Å²) in [6.07, 6.45) is 6.83. The number of sulfonamides is 1. The minimum Gasteiger partial charge on any atom is -0.349 e. The third-order valence-electron chi connectivity index (χ3n) is 4.02. The minimum absolute atomic E-state index is 0.0239. The first kappa shape index (κ1) is 13.5. The topological polar surface area (TPSA) is 81.2 Å². The van der Waals surface area contributed by atoms with Crippen LogP contribution in [-0.4, -0.2) is 47.7 Å². The summed E-state index contributed by atoms with van der Waals surface area (Å²) in [4.78, 5) is 4.13. The van der Waals surface area contributed by atoms with Crippen molar-refractivity contribution in [2.75, 3.05) is 19.3 Å². The zero-order valence-corrected chi connectivity index (χ0v) is 12.3. The zero-order chi connectivity index (χ0) is 14.5. The molecule has 0 aromatic carbocycles. The van der Waals surface area contributed by atoms with Gasteiger partial charge in [0.25, 0.3) is 0 Å². The average Bonchev–Trinajstić information content (AvgIpc) is 2.91. The Morgan fingerprint density at radius 3 is 2.80 bits per heavy atom. The molecule has 0 amide bonds. The summed E-state index contributed by atoms with van der Waals surface area (Å²) in [5.74, 6) is 0.0239. The fraction of sp³-hybridized carbons (Fsp3) is 0.462. The average molecular weight is 294 g/mol. The van der Waals surface area contributed by atoms with Gasteiger partial charge < -0.3 is 10.3 Å². The molecule has 1 saturated heterocycles. The van der Waals surface area contributed by atoms with Crippen molar-refractivity contribution in [1.82, 2.24) is 13.9 Å². The van der Waals surface area contributed by atoms with Crippen molar-refractivity contribution in [3.05, 3.63) is 30.2 Å². The molecule has 2 aromatic heterocycles. The lowest BCUT2D eigenvalue weighted by Crippen LogP contribution is -2.31. The molecule has 2 N–H and O–H groups in total. The maximum absolute atomic E-state index is 11.7. The van der Waals surface area contributed by atoms with Crippen LogP contribution in [0.5, 0.6) is 0 Å². The monoisotopic (exact) mass is 294 g/mol. The van der Waals surface area contributed by atoms with Gasteiger partial charge in [-0.25, -0.2) is 8.42 Å². The summed E-state index contributed by atoms with van der Waals surface area (Å²) < 4.78 is 26.8. The Bertz CT molecular complexity index is 753. The van der Waals surface area contributed by atoms with Crippen molar-refractivity contribution < 1.29 is 8.42 Å². The van der Waals surface area contributed by atoms with E-state index in [0.29, 0.717) is 13.1 Å². The number of nitrogens with two attached hydrogens (primary N) is 1. The molecule has 0 saturated carbocycles. The van der Waals surface area contributed by atoms with Crippen molar-refractivity contribution in [1.29, 1.82) is 0 Å². The molecule has 3 rings (SSSR count). The normalized spacial score (nSPS) is 24.6. The Balaban J connectivity index is 2.04. The molecule has 0 spiro atoms. The van der Waals surface area contributed by atoms with E-state index in [2.05, 4.69) is 4.98 Å². The minimum atomic E-state index is -3.19. The van der Waals surface area contributed by atoms with Gasteiger partial charge in [0.1, 0.15) is 0 Å². The van der Waals surface area contributed by atoms with E-state index >= 15 is 0 Å². The molecule has 7 heteroatoms. The highest BCUT2D eigenvalue weighted by Gasteiger charge is 2.37. The van der Waals surface area contributed by atoms with Crippen LogP contribution in [0.3, 0.4) is 0 Å². The third-order valence-corrected chi connectivity index (χ3v) is 5.26. The quantitative estimate of drug-likeness (QED) is 0.861. The second-order valence-electron chi connectivity index (χ2n) is 5.44. The maximum atomic E-state index is 11.7. The van der Waals surface area contributed by atoms with E-state index in [1.807, 2.05) is 30.1 Å². The van der Waals surface area contributed by atoms with Crippen LogP contribution >= 0.6 is 0 Å². The van der Waals surface area contributed by atoms with E-state index in [1.54, 1.807) is 6.20 Å². The Labute approximate surface area is 118 Å². The van der Waals surface area contributed by atoms with Gasteiger partial charge in [0.2, 0.25) is 10.0 Å². The van der Waals surface area contributed by atoms with Gasteiger partial charge in [-0.1, -0.05) is 0 Å². The van der Waals surface area contributed by atoms with Gasteiger partial charge in [-0.2, -0.15) is 4.31 Å². The van der Waals surface area contributed by atoms with Crippen LogP contribution in [0.1, 0.15) is 11.5 Å². The van der Waals surface area contributed by atoms with Crippen LogP contribution < -0.4 is 5.73 Å². The highest BCUT2D eigenvalue weighted by molar-refractivity contribution is 7.88. The van der Waals surface area contributed by atoms with E-state index in [0.717, 1.165) is 16.5 Å². The summed E-state index contributed by atoms with van der Waals surface area (Å²) in [7, 11) is -1.23. The standard InChI is InChI=1S/C13H18N4O2S/c1-16-6-10(9-3-4-15-5-13(9)16)11-7-17(8-12(11)14)20(2,18)19/h3-6,11-12H,7-8,14H2,1-2H3/t11-,12+/m0/s1. The molecular formula is C13H18N4O2S. The first-order valence-corrected chi connectivity index (χ1v) is 8.32. The first-order valence-electron chi connectivity index (χ1n) is 6.47. The van der Waals surface area contributed by atoms with Gasteiger partial charge >= 0.3 is 0 Å². The maximum Gasteiger partial charge on any atom is 0.211 e. The van der Waals surface area contributed by atoms with Gasteiger partial charge in [0, 0.05) is 49.9 Å². The highest BCUT2D eigenvalue weighted by Crippen LogP contribution is 2.33. The van der Waals surface area contributed by atoms with Crippen LogP contribution in [0.15, 0.2) is 24.7 Å². The number of aromatic nitrogens is 2. The van der Waals surface area contributed by atoms with Crippen LogP contribution in [0.4, 0.5) is 0 Å². The Hall–Kier alpha value is -1.44. The third kappa shape index (κ3) is 2.11. The van der Waals surface area contributed by atoms with E-state index < -0.39 is 10.0 Å². The number of pyridine rings is 1. The predicted molar refractivity (Wildman–Crippen MR) is 77.8 cm³/mol. The molecule has 0 radical (unpaired) electrons. The smallest absolute Gasteiger partial charge is 0.211 e. The lowest BCUT2D eigenvalue weighted by molar-refractivity contribution is 0.476. The van der Waals surface area contributed by atoms with Crippen LogP contribution in [0.25, 0.3) is 10.9 Å². The van der Waals surface area contributed by atoms with E-state index in [9.17, 15) is 8.42 Å².